The number of carbonyl (C=O) groups excluding carboxylic acids is 1. The summed E-state index contributed by atoms with van der Waals surface area (Å²) in [5.74, 6) is -1.13. The summed E-state index contributed by atoms with van der Waals surface area (Å²) in [6.45, 7) is -0.490. The molecule has 0 atom stereocenters. The zero-order chi connectivity index (χ0) is 22.7. The Morgan fingerprint density at radius 3 is 2.72 bits per heavy atom. The van der Waals surface area contributed by atoms with Crippen molar-refractivity contribution in [2.45, 2.75) is 0 Å². The van der Waals surface area contributed by atoms with Gasteiger partial charge >= 0.3 is 5.97 Å². The van der Waals surface area contributed by atoms with Crippen LogP contribution in [0.25, 0.3) is 17.7 Å². The number of ketones is 1. The smallest absolute Gasteiger partial charge is 0.341 e. The highest BCUT2D eigenvalue weighted by Gasteiger charge is 2.19. The molecule has 4 rings (SSSR count). The lowest BCUT2D eigenvalue weighted by Gasteiger charge is -2.12. The Labute approximate surface area is 191 Å². The van der Waals surface area contributed by atoms with Crippen molar-refractivity contribution in [3.8, 4) is 11.6 Å². The topological polar surface area (TPSA) is 101 Å². The van der Waals surface area contributed by atoms with Gasteiger partial charge < -0.3 is 14.9 Å². The van der Waals surface area contributed by atoms with Gasteiger partial charge in [0.15, 0.2) is 16.3 Å². The largest absolute Gasteiger partial charge is 0.492 e. The monoisotopic (exact) mass is 464 g/mol. The summed E-state index contributed by atoms with van der Waals surface area (Å²) in [4.78, 5) is 23.6. The van der Waals surface area contributed by atoms with Crippen molar-refractivity contribution >= 4 is 59.2 Å². The number of aliphatic carboxylic acids is 1. The van der Waals surface area contributed by atoms with Gasteiger partial charge in [0.05, 0.1) is 11.1 Å². The van der Waals surface area contributed by atoms with Crippen LogP contribution in [-0.2, 0) is 9.59 Å². The number of allylic oxidation sites excluding steroid dienone is 2. The van der Waals surface area contributed by atoms with Crippen LogP contribution in [0.4, 0.5) is 0 Å². The molecule has 1 aliphatic carbocycles. The lowest BCUT2D eigenvalue weighted by molar-refractivity contribution is -0.139. The van der Waals surface area contributed by atoms with Crippen LogP contribution in [0.5, 0.6) is 11.6 Å². The highest BCUT2D eigenvalue weighted by Crippen LogP contribution is 2.34. The number of carbonyl (C=O) groups is 2. The van der Waals surface area contributed by atoms with Crippen molar-refractivity contribution in [3.63, 3.8) is 0 Å². The number of hydrogen-bond acceptors (Lipinski definition) is 7. The molecule has 7 nitrogen and oxygen atoms in total. The predicted molar refractivity (Wildman–Crippen MR) is 126 cm³/mol. The minimum atomic E-state index is -1.10. The van der Waals surface area contributed by atoms with Gasteiger partial charge in [-0.2, -0.15) is 9.78 Å². The zero-order valence-corrected chi connectivity index (χ0v) is 18.1. The minimum Gasteiger partial charge on any atom is -0.492 e. The van der Waals surface area contributed by atoms with Crippen molar-refractivity contribution in [1.29, 1.82) is 0 Å². The standard InChI is InChI=1S/C23H16N2O5S2/c26-18-10-9-14-5-1-3-7-16(14)17(18)11-20-22(29)25(23(31)32-20)24-12-15-6-2-4-8-19(15)30-13-21(27)28/h1-12,29H,13H2,(H,27,28). The Morgan fingerprint density at radius 2 is 1.91 bits per heavy atom. The highest BCUT2D eigenvalue weighted by molar-refractivity contribution is 7.73. The average Bonchev–Trinajstić information content (AvgIpc) is 3.05. The molecule has 0 radical (unpaired) electrons. The second-order valence-electron chi connectivity index (χ2n) is 6.68. The number of nitrogens with zero attached hydrogens (tertiary/aromatic N) is 2. The van der Waals surface area contributed by atoms with Gasteiger partial charge in [0.1, 0.15) is 5.75 Å². The van der Waals surface area contributed by atoms with E-state index in [1.807, 2.05) is 24.3 Å². The number of para-hydroxylation sites is 1. The van der Waals surface area contributed by atoms with Gasteiger partial charge in [0, 0.05) is 11.1 Å². The maximum atomic E-state index is 12.5. The molecule has 0 bridgehead atoms. The number of carboxylic acid groups (broad SMARTS) is 1. The normalized spacial score (nSPS) is 14.1. The quantitative estimate of drug-likeness (QED) is 0.317. The lowest BCUT2D eigenvalue weighted by atomic mass is 9.91. The molecule has 3 aromatic rings. The van der Waals surface area contributed by atoms with E-state index in [0.717, 1.165) is 22.5 Å². The first-order chi connectivity index (χ1) is 15.4. The molecule has 2 aromatic carbocycles. The van der Waals surface area contributed by atoms with E-state index in [0.29, 0.717) is 21.8 Å². The van der Waals surface area contributed by atoms with Crippen LogP contribution in [0.1, 0.15) is 21.6 Å². The van der Waals surface area contributed by atoms with Gasteiger partial charge in [0.2, 0.25) is 5.88 Å². The second-order valence-corrected chi connectivity index (χ2v) is 8.35. The van der Waals surface area contributed by atoms with Gasteiger partial charge in [-0.3, -0.25) is 4.79 Å². The number of fused-ring (bicyclic) bond motifs is 1. The number of carboxylic acids is 1. The van der Waals surface area contributed by atoms with Crippen LogP contribution in [0.2, 0.25) is 0 Å². The Morgan fingerprint density at radius 1 is 1.16 bits per heavy atom. The van der Waals surface area contributed by atoms with Crippen molar-refractivity contribution in [1.82, 2.24) is 4.68 Å². The van der Waals surface area contributed by atoms with E-state index in [4.69, 9.17) is 22.1 Å². The Balaban J connectivity index is 1.68. The van der Waals surface area contributed by atoms with Crippen LogP contribution in [-0.4, -0.2) is 39.5 Å². The summed E-state index contributed by atoms with van der Waals surface area (Å²) in [5.41, 5.74) is 2.66. The van der Waals surface area contributed by atoms with E-state index in [-0.39, 0.29) is 15.6 Å². The summed E-state index contributed by atoms with van der Waals surface area (Å²) < 4.78 is 6.71. The van der Waals surface area contributed by atoms with Crippen LogP contribution >= 0.6 is 23.6 Å². The molecule has 0 amide bonds. The van der Waals surface area contributed by atoms with Crippen LogP contribution in [0.3, 0.4) is 0 Å². The van der Waals surface area contributed by atoms with Gasteiger partial charge in [0.25, 0.3) is 0 Å². The van der Waals surface area contributed by atoms with Gasteiger partial charge in [-0.05, 0) is 47.6 Å². The summed E-state index contributed by atoms with van der Waals surface area (Å²) in [7, 11) is 0. The fourth-order valence-corrected chi connectivity index (χ4v) is 4.27. The van der Waals surface area contributed by atoms with E-state index < -0.39 is 12.6 Å². The van der Waals surface area contributed by atoms with E-state index in [9.17, 15) is 14.7 Å². The fraction of sp³-hybridized carbons (Fsp3) is 0.0435. The molecular weight excluding hydrogens is 448 g/mol. The number of rotatable bonds is 6. The molecule has 0 unspecified atom stereocenters. The van der Waals surface area contributed by atoms with Crippen molar-refractivity contribution in [3.05, 3.63) is 80.1 Å². The molecule has 32 heavy (non-hydrogen) atoms. The second kappa shape index (κ2) is 9.13. The molecule has 1 aliphatic rings. The lowest BCUT2D eigenvalue weighted by Crippen LogP contribution is -2.10. The molecule has 0 aliphatic heterocycles. The Hall–Kier alpha value is -3.82. The Bertz CT molecular complexity index is 1360. The first kappa shape index (κ1) is 21.4. The maximum Gasteiger partial charge on any atom is 0.341 e. The summed E-state index contributed by atoms with van der Waals surface area (Å²) in [6, 6.07) is 14.3. The number of aromatic nitrogens is 1. The molecule has 0 saturated carbocycles. The van der Waals surface area contributed by atoms with E-state index in [1.54, 1.807) is 36.4 Å². The molecule has 9 heteroatoms. The van der Waals surface area contributed by atoms with Crippen LogP contribution < -0.4 is 4.74 Å². The van der Waals surface area contributed by atoms with Gasteiger partial charge in [-0.15, -0.1) is 0 Å². The predicted octanol–water partition coefficient (Wildman–Crippen LogP) is 4.47. The van der Waals surface area contributed by atoms with Gasteiger partial charge in [-0.1, -0.05) is 53.8 Å². The Kier molecular flexibility index (Phi) is 6.11. The number of hydrogen-bond donors (Lipinski definition) is 2. The van der Waals surface area contributed by atoms with Crippen molar-refractivity contribution in [2.75, 3.05) is 6.61 Å². The van der Waals surface area contributed by atoms with Crippen molar-refractivity contribution in [2.24, 2.45) is 5.10 Å². The van der Waals surface area contributed by atoms with Gasteiger partial charge in [-0.25, -0.2) is 4.79 Å². The molecule has 0 saturated heterocycles. The summed E-state index contributed by atoms with van der Waals surface area (Å²) >= 11 is 6.46. The highest BCUT2D eigenvalue weighted by atomic mass is 32.1. The van der Waals surface area contributed by atoms with E-state index in [2.05, 4.69) is 5.10 Å². The van der Waals surface area contributed by atoms with Crippen LogP contribution in [0.15, 0.2) is 59.7 Å². The third-order valence-electron chi connectivity index (χ3n) is 4.58. The number of ether oxygens (including phenoxy) is 1. The third kappa shape index (κ3) is 4.43. The number of aromatic hydroxyl groups is 1. The molecule has 160 valence electrons. The molecular formula is C23H16N2O5S2. The number of thiazole rings is 1. The van der Waals surface area contributed by atoms with Crippen LogP contribution in [0, 0.1) is 3.95 Å². The molecule has 2 N–H and O–H groups in total. The summed E-state index contributed by atoms with van der Waals surface area (Å²) in [6.07, 6.45) is 6.28. The molecule has 0 spiro atoms. The SMILES string of the molecule is O=C(O)COc1ccccc1C=Nn1c(O)c(C=C2C(=O)C=Cc3ccccc32)sc1=S. The number of benzene rings is 2. The van der Waals surface area contributed by atoms with E-state index >= 15 is 0 Å². The van der Waals surface area contributed by atoms with Crippen molar-refractivity contribution < 1.29 is 24.5 Å². The maximum absolute atomic E-state index is 12.5. The van der Waals surface area contributed by atoms with E-state index in [1.165, 1.54) is 17.0 Å². The zero-order valence-electron chi connectivity index (χ0n) is 16.5. The first-order valence-electron chi connectivity index (χ1n) is 9.40. The fourth-order valence-electron chi connectivity index (χ4n) is 3.10. The molecule has 1 heterocycles. The first-order valence-corrected chi connectivity index (χ1v) is 10.6. The molecule has 0 fully saturated rings. The third-order valence-corrected chi connectivity index (χ3v) is 5.87. The molecule has 1 aromatic heterocycles. The minimum absolute atomic E-state index is 0.165. The summed E-state index contributed by atoms with van der Waals surface area (Å²) in [5, 5.41) is 23.8. The average molecular weight is 465 g/mol.